The van der Waals surface area contributed by atoms with Crippen LogP contribution in [0.1, 0.15) is 0 Å². The third-order valence-electron chi connectivity index (χ3n) is 2.81. The number of methoxy groups -OCH3 is 2. The third-order valence-corrected chi connectivity index (χ3v) is 5.22. The number of nitrogens with one attached hydrogen (secondary N) is 2. The second kappa shape index (κ2) is 9.09. The fourth-order valence-electron chi connectivity index (χ4n) is 1.62. The average molecular weight is 364 g/mol. The highest BCUT2D eigenvalue weighted by atomic mass is 33.1. The molecule has 2 aromatic carbocycles. The van der Waals surface area contributed by atoms with E-state index in [0.29, 0.717) is 11.4 Å². The summed E-state index contributed by atoms with van der Waals surface area (Å²) in [6.45, 7) is 0. The van der Waals surface area contributed by atoms with E-state index in [-0.39, 0.29) is 0 Å². The largest absolute Gasteiger partial charge is 0.453 e. The summed E-state index contributed by atoms with van der Waals surface area (Å²) in [5.41, 5.74) is 1.35. The Balaban J connectivity index is 1.86. The molecule has 0 heterocycles. The summed E-state index contributed by atoms with van der Waals surface area (Å²) in [6, 6.07) is 14.9. The van der Waals surface area contributed by atoms with Crippen LogP contribution in [0.2, 0.25) is 0 Å². The van der Waals surface area contributed by atoms with Crippen molar-refractivity contribution in [2.45, 2.75) is 9.79 Å². The van der Waals surface area contributed by atoms with Crippen molar-refractivity contribution >= 4 is 45.1 Å². The predicted molar refractivity (Wildman–Crippen MR) is 96.7 cm³/mol. The van der Waals surface area contributed by atoms with Crippen molar-refractivity contribution in [3.63, 3.8) is 0 Å². The molecule has 2 rings (SSSR count). The maximum Gasteiger partial charge on any atom is 0.411 e. The first kappa shape index (κ1) is 18.0. The second-order valence-electron chi connectivity index (χ2n) is 4.45. The van der Waals surface area contributed by atoms with Crippen LogP contribution in [0.4, 0.5) is 21.0 Å². The minimum absolute atomic E-state index is 0.495. The van der Waals surface area contributed by atoms with Crippen LogP contribution in [0.25, 0.3) is 0 Å². The van der Waals surface area contributed by atoms with Crippen molar-refractivity contribution < 1.29 is 19.1 Å². The molecular weight excluding hydrogens is 348 g/mol. The van der Waals surface area contributed by atoms with Crippen molar-refractivity contribution in [3.8, 4) is 0 Å². The van der Waals surface area contributed by atoms with Crippen molar-refractivity contribution in [2.24, 2.45) is 0 Å². The number of benzene rings is 2. The summed E-state index contributed by atoms with van der Waals surface area (Å²) >= 11 is 0. The summed E-state index contributed by atoms with van der Waals surface area (Å²) in [6.07, 6.45) is -0.990. The summed E-state index contributed by atoms with van der Waals surface area (Å²) in [5, 5.41) is 5.19. The van der Waals surface area contributed by atoms with Gasteiger partial charge in [0.25, 0.3) is 0 Å². The summed E-state index contributed by atoms with van der Waals surface area (Å²) < 4.78 is 9.07. The van der Waals surface area contributed by atoms with Gasteiger partial charge in [0.1, 0.15) is 0 Å². The number of hydrogen-bond acceptors (Lipinski definition) is 6. The molecule has 0 aliphatic heterocycles. The van der Waals surface area contributed by atoms with Gasteiger partial charge in [0.2, 0.25) is 0 Å². The van der Waals surface area contributed by atoms with Crippen LogP contribution in [-0.4, -0.2) is 26.4 Å². The van der Waals surface area contributed by atoms with Gasteiger partial charge in [-0.05, 0) is 48.5 Å². The van der Waals surface area contributed by atoms with E-state index < -0.39 is 12.2 Å². The summed E-state index contributed by atoms with van der Waals surface area (Å²) in [5.74, 6) is 0. The van der Waals surface area contributed by atoms with Crippen LogP contribution in [0.5, 0.6) is 0 Å². The Bertz CT molecular complexity index is 629. The number of rotatable bonds is 5. The number of carbonyl (C=O) groups excluding carboxylic acids is 2. The zero-order valence-electron chi connectivity index (χ0n) is 13.1. The van der Waals surface area contributed by atoms with Crippen molar-refractivity contribution in [1.29, 1.82) is 0 Å². The lowest BCUT2D eigenvalue weighted by molar-refractivity contribution is 0.186. The molecule has 2 aromatic rings. The fraction of sp³-hybridized carbons (Fsp3) is 0.125. The molecular formula is C16H16N2O4S2. The molecule has 8 heteroatoms. The molecule has 0 unspecified atom stereocenters. The average Bonchev–Trinajstić information content (AvgIpc) is 2.62. The molecule has 0 bridgehead atoms. The van der Waals surface area contributed by atoms with Crippen LogP contribution in [-0.2, 0) is 9.47 Å². The van der Waals surface area contributed by atoms with Gasteiger partial charge in [0.15, 0.2) is 0 Å². The van der Waals surface area contributed by atoms with Gasteiger partial charge in [-0.2, -0.15) is 0 Å². The normalized spacial score (nSPS) is 9.92. The van der Waals surface area contributed by atoms with Crippen LogP contribution >= 0.6 is 21.6 Å². The molecule has 0 saturated carbocycles. The number of hydrogen-bond donors (Lipinski definition) is 2. The molecule has 0 spiro atoms. The van der Waals surface area contributed by atoms with E-state index in [1.807, 2.05) is 48.5 Å². The minimum Gasteiger partial charge on any atom is -0.453 e. The van der Waals surface area contributed by atoms with E-state index in [1.54, 1.807) is 21.6 Å². The van der Waals surface area contributed by atoms with Crippen LogP contribution < -0.4 is 10.6 Å². The smallest absolute Gasteiger partial charge is 0.411 e. The van der Waals surface area contributed by atoms with E-state index in [9.17, 15) is 9.59 Å². The number of amides is 2. The zero-order chi connectivity index (χ0) is 17.4. The lowest BCUT2D eigenvalue weighted by Crippen LogP contribution is -2.10. The number of anilines is 2. The van der Waals surface area contributed by atoms with E-state index >= 15 is 0 Å². The summed E-state index contributed by atoms with van der Waals surface area (Å²) in [7, 11) is 5.83. The zero-order valence-corrected chi connectivity index (χ0v) is 14.7. The van der Waals surface area contributed by atoms with E-state index in [2.05, 4.69) is 20.1 Å². The Morgan fingerprint density at radius 3 is 1.33 bits per heavy atom. The van der Waals surface area contributed by atoms with Crippen molar-refractivity contribution in [1.82, 2.24) is 0 Å². The van der Waals surface area contributed by atoms with Gasteiger partial charge in [-0.1, -0.05) is 21.6 Å². The Labute approximate surface area is 147 Å². The third kappa shape index (κ3) is 5.71. The molecule has 0 saturated heterocycles. The molecule has 24 heavy (non-hydrogen) atoms. The lowest BCUT2D eigenvalue weighted by Gasteiger charge is -2.06. The fourth-order valence-corrected chi connectivity index (χ4v) is 3.55. The second-order valence-corrected chi connectivity index (χ2v) is 6.72. The maximum atomic E-state index is 11.1. The molecule has 0 radical (unpaired) electrons. The van der Waals surface area contributed by atoms with Gasteiger partial charge >= 0.3 is 12.2 Å². The van der Waals surface area contributed by atoms with Gasteiger partial charge in [0.05, 0.1) is 14.2 Å². The monoisotopic (exact) mass is 364 g/mol. The number of ether oxygens (including phenoxy) is 2. The van der Waals surface area contributed by atoms with Gasteiger partial charge in [0, 0.05) is 21.2 Å². The van der Waals surface area contributed by atoms with Gasteiger partial charge in [-0.3, -0.25) is 10.6 Å². The van der Waals surface area contributed by atoms with E-state index in [4.69, 9.17) is 0 Å². The molecule has 2 amide bonds. The Morgan fingerprint density at radius 2 is 1.04 bits per heavy atom. The van der Waals surface area contributed by atoms with Crippen molar-refractivity contribution in [3.05, 3.63) is 48.5 Å². The molecule has 6 nitrogen and oxygen atoms in total. The quantitative estimate of drug-likeness (QED) is 0.739. The van der Waals surface area contributed by atoms with Crippen molar-refractivity contribution in [2.75, 3.05) is 24.9 Å². The van der Waals surface area contributed by atoms with Crippen LogP contribution in [0, 0.1) is 0 Å². The van der Waals surface area contributed by atoms with Gasteiger partial charge in [-0.25, -0.2) is 9.59 Å². The van der Waals surface area contributed by atoms with Crippen LogP contribution in [0.15, 0.2) is 58.3 Å². The Morgan fingerprint density at radius 1 is 0.708 bits per heavy atom. The molecule has 126 valence electrons. The SMILES string of the molecule is COC(=O)Nc1ccc(SSc2ccc(NC(=O)OC)cc2)cc1. The molecule has 2 N–H and O–H groups in total. The topological polar surface area (TPSA) is 76.7 Å². The van der Waals surface area contributed by atoms with Gasteiger partial charge < -0.3 is 9.47 Å². The molecule has 0 aliphatic carbocycles. The standard InChI is InChI=1S/C16H16N2O4S2/c1-21-15(19)17-11-3-7-13(8-4-11)23-24-14-9-5-12(6-10-14)18-16(20)22-2/h3-10H,1-2H3,(H,17,19)(H,18,20). The predicted octanol–water partition coefficient (Wildman–Crippen LogP) is 4.84. The lowest BCUT2D eigenvalue weighted by atomic mass is 10.3. The van der Waals surface area contributed by atoms with Crippen LogP contribution in [0.3, 0.4) is 0 Å². The Kier molecular flexibility index (Phi) is 6.83. The highest BCUT2D eigenvalue weighted by Crippen LogP contribution is 2.37. The molecule has 0 aromatic heterocycles. The van der Waals surface area contributed by atoms with E-state index in [0.717, 1.165) is 9.79 Å². The molecule has 0 fully saturated rings. The minimum atomic E-state index is -0.495. The summed E-state index contributed by atoms with van der Waals surface area (Å²) in [4.78, 5) is 24.3. The molecule has 0 aliphatic rings. The highest BCUT2D eigenvalue weighted by Gasteiger charge is 2.03. The maximum absolute atomic E-state index is 11.1. The Hall–Kier alpha value is -2.32. The van der Waals surface area contributed by atoms with E-state index in [1.165, 1.54) is 14.2 Å². The first-order valence-corrected chi connectivity index (χ1v) is 9.00. The number of carbonyl (C=O) groups is 2. The highest BCUT2D eigenvalue weighted by molar-refractivity contribution is 8.76. The van der Waals surface area contributed by atoms with Gasteiger partial charge in [-0.15, -0.1) is 0 Å². The first-order chi connectivity index (χ1) is 11.6. The molecule has 0 atom stereocenters. The first-order valence-electron chi connectivity index (χ1n) is 6.85.